The number of carbonyl (C=O) groups excluding carboxylic acids is 12. The number of para-hydroxylation sites is 1. The van der Waals surface area contributed by atoms with E-state index in [2.05, 4.69) is 77.0 Å². The first-order valence-electron chi connectivity index (χ1n) is 46.7. The third kappa shape index (κ3) is 43.7. The van der Waals surface area contributed by atoms with Gasteiger partial charge in [-0.2, -0.15) is 0 Å². The lowest BCUT2D eigenvalue weighted by atomic mass is 10.0. The van der Waals surface area contributed by atoms with Crippen molar-refractivity contribution in [3.8, 4) is 0 Å². The van der Waals surface area contributed by atoms with Crippen LogP contribution in [0, 0.1) is 0 Å². The van der Waals surface area contributed by atoms with Crippen molar-refractivity contribution < 1.29 is 57.5 Å². The van der Waals surface area contributed by atoms with Crippen molar-refractivity contribution in [1.82, 2.24) is 68.0 Å². The number of hydrogen-bond donors (Lipinski definition) is 18. The molecule has 2 aromatic rings. The Morgan fingerprint density at radius 3 is 1.34 bits per heavy atom. The number of aromatic amines is 1. The second-order valence-electron chi connectivity index (χ2n) is 33.5. The fourth-order valence-corrected chi connectivity index (χ4v) is 16.1. The summed E-state index contributed by atoms with van der Waals surface area (Å²) in [6, 6.07) is -3.90. The summed E-state index contributed by atoms with van der Waals surface area (Å²) in [5.74, 6) is -7.47. The van der Waals surface area contributed by atoms with E-state index in [4.69, 9.17) is 40.1 Å². The van der Waals surface area contributed by atoms with Gasteiger partial charge >= 0.3 is 0 Å². The first-order valence-corrected chi connectivity index (χ1v) is 46.7. The number of aromatic nitrogens is 1. The maximum atomic E-state index is 15.2. The van der Waals surface area contributed by atoms with Crippen molar-refractivity contribution >= 4 is 87.7 Å². The van der Waals surface area contributed by atoms with Gasteiger partial charge in [0.15, 0.2) is 5.96 Å². The van der Waals surface area contributed by atoms with E-state index in [0.29, 0.717) is 100 Å². The number of unbranched alkanes of at least 4 members (excludes halogenated alkanes) is 27. The SMILES string of the molecule is CCCCCCCCCCCCCCCC(=O)NCCCCC(NC(=O)CCCCCCCCCCCCCCC)C(=O)NC(CCCCN)C(=O)NC(CCCN=C(N)N)C(=O)NC(CCCCN)C(=O)NC(CCCNC(N)N)C(=O)NC(Cc1c[nH]c2ccccc12)C(=O)NC(CCC(N)=O)C(=O)N1CCCC1C(=O)N1CCCC1C(=O)NC. The number of nitrogens with two attached hydrogens (primary N) is 7. The smallest absolute Gasteiger partial charge is 0.246 e. The van der Waals surface area contributed by atoms with Crippen LogP contribution in [0.4, 0.5) is 0 Å². The number of likely N-dealkylation sites (N-methyl/N-ethyl adjacent to an activating group) is 1. The monoisotopic (exact) mass is 1710 g/mol. The average Bonchev–Trinajstić information content (AvgIpc) is 1.64. The number of nitrogens with one attached hydrogen (secondary N) is 11. The molecular formula is C89H159N21O12. The standard InChI is InChI=1S/C89H159N21O12/c1-4-6-8-10-12-14-16-18-20-22-24-26-28-51-77(112)98-57-37-34-46-67(102-78(113)52-29-27-25-23-21-19-17-15-13-11-9-7-5-2)79(114)103-68(44-32-35-55-90)80(115)105-70(47-38-58-99-88(93)94)82(117)104-69(45-33-36-56-91)81(116)106-71(48-39-59-100-89(95)96)83(118)108-73(62-64-63-101-66-43-31-30-42-65(64)66)84(119)107-72(53-54-76(92)111)86(121)110-61-41-50-75(110)87(122)109-60-40-49-74(109)85(120)97-3/h30-31,42-43,63,67-75,89,100-101H,4-29,32-41,44-62,90-91,95-96H2,1-3H3,(H2,92,111)(H,97,120)(H,98,112)(H,102,113)(H,103,114)(H,104,117)(H,105,115)(H,106,116)(H,107,119)(H,108,118)(H4,93,94,99). The molecule has 2 aliphatic rings. The summed E-state index contributed by atoms with van der Waals surface area (Å²) in [7, 11) is 1.48. The summed E-state index contributed by atoms with van der Waals surface area (Å²) in [4.78, 5) is 182. The highest BCUT2D eigenvalue weighted by Gasteiger charge is 2.44. The van der Waals surface area contributed by atoms with Gasteiger partial charge in [-0.1, -0.05) is 186 Å². The molecule has 9 unspecified atom stereocenters. The van der Waals surface area contributed by atoms with Crippen molar-refractivity contribution in [2.24, 2.45) is 45.1 Å². The molecule has 4 rings (SSSR count). The minimum Gasteiger partial charge on any atom is -0.370 e. The van der Waals surface area contributed by atoms with E-state index in [1.165, 1.54) is 132 Å². The lowest BCUT2D eigenvalue weighted by Gasteiger charge is -2.33. The van der Waals surface area contributed by atoms with E-state index in [9.17, 15) is 38.4 Å². The summed E-state index contributed by atoms with van der Waals surface area (Å²) in [6.45, 7) is 5.96. The Labute approximate surface area is 726 Å². The van der Waals surface area contributed by atoms with Gasteiger partial charge in [-0.25, -0.2) is 0 Å². The van der Waals surface area contributed by atoms with Crippen LogP contribution in [-0.4, -0.2) is 205 Å². The molecule has 25 N–H and O–H groups in total. The molecule has 0 radical (unpaired) electrons. The molecule has 2 aliphatic heterocycles. The molecule has 0 spiro atoms. The van der Waals surface area contributed by atoms with Crippen molar-refractivity contribution in [1.29, 1.82) is 0 Å². The van der Waals surface area contributed by atoms with Crippen molar-refractivity contribution in [3.05, 3.63) is 36.0 Å². The number of aliphatic imine (C=N–C) groups is 1. The second kappa shape index (κ2) is 64.3. The van der Waals surface area contributed by atoms with Crippen LogP contribution in [0.15, 0.2) is 35.5 Å². The number of carbonyl (C=O) groups is 12. The van der Waals surface area contributed by atoms with Gasteiger partial charge in [-0.3, -0.25) is 67.8 Å². The Balaban J connectivity index is 1.60. The third-order valence-electron chi connectivity index (χ3n) is 23.3. The van der Waals surface area contributed by atoms with Crippen LogP contribution in [0.3, 0.4) is 0 Å². The number of primary amides is 1. The molecule has 122 heavy (non-hydrogen) atoms. The number of benzene rings is 1. The zero-order valence-electron chi connectivity index (χ0n) is 74.3. The largest absolute Gasteiger partial charge is 0.370 e. The Kier molecular flexibility index (Phi) is 55.7. The highest BCUT2D eigenvalue weighted by molar-refractivity contribution is 5.99. The number of fused-ring (bicyclic) bond motifs is 1. The van der Waals surface area contributed by atoms with E-state index in [0.717, 1.165) is 44.9 Å². The lowest BCUT2D eigenvalue weighted by molar-refractivity contribution is -0.148. The number of H-pyrrole nitrogens is 1. The predicted molar refractivity (Wildman–Crippen MR) is 480 cm³/mol. The number of guanidine groups is 1. The number of likely N-dealkylation sites (tertiary alicyclic amines) is 2. The molecule has 3 heterocycles. The van der Waals surface area contributed by atoms with Crippen LogP contribution in [0.1, 0.15) is 321 Å². The molecule has 33 nitrogen and oxygen atoms in total. The summed E-state index contributed by atoms with van der Waals surface area (Å²) in [5, 5.41) is 29.3. The van der Waals surface area contributed by atoms with Crippen molar-refractivity contribution in [2.45, 2.75) is 383 Å². The molecule has 12 amide bonds. The third-order valence-corrected chi connectivity index (χ3v) is 23.3. The molecule has 692 valence electrons. The summed E-state index contributed by atoms with van der Waals surface area (Å²) in [5.41, 5.74) is 42.1. The Morgan fingerprint density at radius 2 is 0.861 bits per heavy atom. The molecule has 0 aliphatic carbocycles. The van der Waals surface area contributed by atoms with Crippen LogP contribution in [0.5, 0.6) is 0 Å². The molecular weight excluding hydrogens is 1560 g/mol. The molecule has 9 atom stereocenters. The second-order valence-corrected chi connectivity index (χ2v) is 33.5. The van der Waals surface area contributed by atoms with Gasteiger partial charge in [0, 0.05) is 76.0 Å². The molecule has 1 aromatic carbocycles. The lowest BCUT2D eigenvalue weighted by Crippen LogP contribution is -2.60. The van der Waals surface area contributed by atoms with E-state index < -0.39 is 114 Å². The molecule has 2 fully saturated rings. The van der Waals surface area contributed by atoms with Crippen LogP contribution < -0.4 is 93.3 Å². The molecule has 33 heteroatoms. The Bertz CT molecular complexity index is 3410. The number of hydrogen-bond acceptors (Lipinski definition) is 18. The summed E-state index contributed by atoms with van der Waals surface area (Å²) >= 11 is 0. The van der Waals surface area contributed by atoms with Crippen molar-refractivity contribution in [3.63, 3.8) is 0 Å². The van der Waals surface area contributed by atoms with Gasteiger partial charge in [0.05, 0.1) is 0 Å². The van der Waals surface area contributed by atoms with Gasteiger partial charge < -0.3 is 103 Å². The zero-order chi connectivity index (χ0) is 89.1. The number of amides is 12. The number of nitrogens with zero attached hydrogens (tertiary/aromatic N) is 3. The van der Waals surface area contributed by atoms with Crippen LogP contribution in [-0.2, 0) is 64.0 Å². The summed E-state index contributed by atoms with van der Waals surface area (Å²) in [6.07, 6.45) is 35.7. The van der Waals surface area contributed by atoms with Gasteiger partial charge in [0.1, 0.15) is 60.7 Å². The molecule has 0 bridgehead atoms. The predicted octanol–water partition coefficient (Wildman–Crippen LogP) is 6.23. The van der Waals surface area contributed by atoms with Crippen LogP contribution >= 0.6 is 0 Å². The molecule has 1 aromatic heterocycles. The Hall–Kier alpha value is -8.53. The maximum Gasteiger partial charge on any atom is 0.246 e. The average molecular weight is 1720 g/mol. The fraction of sp³-hybridized carbons (Fsp3) is 0.764. The fourth-order valence-electron chi connectivity index (χ4n) is 16.1. The minimum absolute atomic E-state index is 0.0139. The van der Waals surface area contributed by atoms with Crippen molar-refractivity contribution in [2.75, 3.05) is 52.9 Å². The number of rotatable bonds is 71. The molecule has 0 saturated carbocycles. The maximum absolute atomic E-state index is 15.2. The normalized spacial score (nSPS) is 15.6. The van der Waals surface area contributed by atoms with E-state index in [-0.39, 0.29) is 133 Å². The highest BCUT2D eigenvalue weighted by Crippen LogP contribution is 2.28. The minimum atomic E-state index is -1.49. The first kappa shape index (κ1) is 106. The Morgan fingerprint density at radius 1 is 0.443 bits per heavy atom. The summed E-state index contributed by atoms with van der Waals surface area (Å²) < 4.78 is 0. The van der Waals surface area contributed by atoms with Gasteiger partial charge in [0.25, 0.3) is 0 Å². The van der Waals surface area contributed by atoms with E-state index in [1.54, 1.807) is 12.3 Å². The quantitative estimate of drug-likeness (QED) is 0.0151. The topological polar surface area (TPSA) is 542 Å². The van der Waals surface area contributed by atoms with E-state index >= 15 is 19.2 Å². The first-order chi connectivity index (χ1) is 59.0. The highest BCUT2D eigenvalue weighted by atomic mass is 16.2. The van der Waals surface area contributed by atoms with Gasteiger partial charge in [0.2, 0.25) is 70.9 Å². The molecule has 2 saturated heterocycles. The van der Waals surface area contributed by atoms with Gasteiger partial charge in [-0.05, 0) is 160 Å². The van der Waals surface area contributed by atoms with Gasteiger partial charge in [-0.15, -0.1) is 0 Å². The van der Waals surface area contributed by atoms with Crippen LogP contribution in [0.25, 0.3) is 10.9 Å². The zero-order valence-corrected chi connectivity index (χ0v) is 74.3. The van der Waals surface area contributed by atoms with Crippen LogP contribution in [0.2, 0.25) is 0 Å². The van der Waals surface area contributed by atoms with E-state index in [1.807, 2.05) is 18.2 Å².